The molecule has 2 aromatic rings. The van der Waals surface area contributed by atoms with Crippen molar-refractivity contribution in [1.29, 1.82) is 0 Å². The van der Waals surface area contributed by atoms with E-state index in [1.54, 1.807) is 18.5 Å². The molecule has 2 heterocycles. The Kier molecular flexibility index (Phi) is 8.97. The Bertz CT molecular complexity index is 462. The number of methoxy groups -OCH3 is 1. The van der Waals surface area contributed by atoms with Gasteiger partial charge in [-0.05, 0) is 0 Å². The molecule has 0 atom stereocenters. The van der Waals surface area contributed by atoms with E-state index < -0.39 is 0 Å². The van der Waals surface area contributed by atoms with Crippen molar-refractivity contribution >= 4 is 17.3 Å². The van der Waals surface area contributed by atoms with Crippen LogP contribution >= 0.6 is 11.3 Å². The van der Waals surface area contributed by atoms with Crippen LogP contribution in [0.25, 0.3) is 0 Å². The SMILES string of the molecule is [CH2-]Cc1cc(C(=O)OC)sc1[CH2-].[Li+].[c-]1cncnc1. The summed E-state index contributed by atoms with van der Waals surface area (Å²) in [5.41, 5.74) is 1.01. The molecule has 0 saturated heterocycles. The van der Waals surface area contributed by atoms with Crippen LogP contribution in [0.5, 0.6) is 0 Å². The van der Waals surface area contributed by atoms with Gasteiger partial charge in [-0.25, -0.2) is 23.7 Å². The molecule has 2 aromatic heterocycles. The summed E-state index contributed by atoms with van der Waals surface area (Å²) in [5, 5.41) is 0. The van der Waals surface area contributed by atoms with Crippen LogP contribution in [0, 0.1) is 19.9 Å². The summed E-state index contributed by atoms with van der Waals surface area (Å²) in [4.78, 5) is 19.8. The van der Waals surface area contributed by atoms with Crippen LogP contribution < -0.4 is 18.9 Å². The molecular formula is C13H13LiN2O2S-2. The fraction of sp³-hybridized carbons (Fsp3) is 0.154. The minimum atomic E-state index is -0.301. The molecule has 0 unspecified atom stereocenters. The third-order valence-electron chi connectivity index (χ3n) is 1.98. The van der Waals surface area contributed by atoms with E-state index in [0.29, 0.717) is 11.3 Å². The Balaban J connectivity index is 0.000000392. The monoisotopic (exact) mass is 268 g/mol. The van der Waals surface area contributed by atoms with Gasteiger partial charge in [-0.2, -0.15) is 11.3 Å². The first-order valence-corrected chi connectivity index (χ1v) is 5.94. The molecule has 0 N–H and O–H groups in total. The van der Waals surface area contributed by atoms with Crippen LogP contribution in [0.4, 0.5) is 0 Å². The van der Waals surface area contributed by atoms with E-state index in [2.05, 4.69) is 34.6 Å². The molecule has 0 bridgehead atoms. The van der Waals surface area contributed by atoms with Crippen molar-refractivity contribution in [2.75, 3.05) is 7.11 Å². The van der Waals surface area contributed by atoms with Gasteiger partial charge in [0.2, 0.25) is 0 Å². The maximum atomic E-state index is 11.0. The Morgan fingerprint density at radius 2 is 2.11 bits per heavy atom. The molecule has 0 aliphatic heterocycles. The summed E-state index contributed by atoms with van der Waals surface area (Å²) in [5.74, 6) is -0.301. The first-order chi connectivity index (χ1) is 8.69. The van der Waals surface area contributed by atoms with Gasteiger partial charge in [-0.1, -0.05) is 0 Å². The quantitative estimate of drug-likeness (QED) is 0.413. The van der Waals surface area contributed by atoms with Gasteiger partial charge in [0.1, 0.15) is 6.33 Å². The first-order valence-electron chi connectivity index (χ1n) is 5.12. The molecule has 0 aliphatic carbocycles. The smallest absolute Gasteiger partial charge is 0.465 e. The summed E-state index contributed by atoms with van der Waals surface area (Å²) in [6, 6.07) is 4.45. The molecule has 0 amide bonds. The summed E-state index contributed by atoms with van der Waals surface area (Å²) in [6.07, 6.45) is 5.25. The van der Waals surface area contributed by atoms with E-state index in [1.807, 2.05) is 0 Å². The number of hydrogen-bond acceptors (Lipinski definition) is 5. The van der Waals surface area contributed by atoms with Crippen LogP contribution in [0.1, 0.15) is 20.1 Å². The maximum Gasteiger partial charge on any atom is 1.00 e. The molecule has 2 rings (SSSR count). The largest absolute Gasteiger partial charge is 1.00 e. The first kappa shape index (κ1) is 17.7. The van der Waals surface area contributed by atoms with Crippen molar-refractivity contribution in [3.8, 4) is 0 Å². The molecule has 0 aliphatic rings. The third-order valence-corrected chi connectivity index (χ3v) is 3.00. The Morgan fingerprint density at radius 3 is 2.42 bits per heavy atom. The zero-order chi connectivity index (χ0) is 13.4. The van der Waals surface area contributed by atoms with Gasteiger partial charge >= 0.3 is 24.8 Å². The van der Waals surface area contributed by atoms with Crippen LogP contribution in [-0.4, -0.2) is 23.0 Å². The number of nitrogens with zero attached hydrogens (tertiary/aromatic N) is 2. The van der Waals surface area contributed by atoms with Crippen molar-refractivity contribution < 1.29 is 28.4 Å². The number of rotatable bonds is 2. The van der Waals surface area contributed by atoms with Gasteiger partial charge in [0, 0.05) is 0 Å². The maximum absolute atomic E-state index is 11.0. The molecule has 6 heteroatoms. The fourth-order valence-electron chi connectivity index (χ4n) is 1.10. The molecule has 0 radical (unpaired) electrons. The van der Waals surface area contributed by atoms with Crippen molar-refractivity contribution in [3.05, 3.63) is 60.0 Å². The van der Waals surface area contributed by atoms with Crippen LogP contribution in [0.2, 0.25) is 0 Å². The molecule has 4 nitrogen and oxygen atoms in total. The van der Waals surface area contributed by atoms with Gasteiger partial charge in [0.15, 0.2) is 0 Å². The van der Waals surface area contributed by atoms with E-state index in [0.717, 1.165) is 10.4 Å². The second-order valence-electron chi connectivity index (χ2n) is 3.14. The fourth-order valence-corrected chi connectivity index (χ4v) is 2.03. The van der Waals surface area contributed by atoms with Crippen LogP contribution in [0.15, 0.2) is 24.8 Å². The van der Waals surface area contributed by atoms with Crippen LogP contribution in [0.3, 0.4) is 0 Å². The minimum absolute atomic E-state index is 0. The molecular weight excluding hydrogens is 255 g/mol. The Morgan fingerprint density at radius 1 is 1.47 bits per heavy atom. The van der Waals surface area contributed by atoms with E-state index in [1.165, 1.54) is 24.8 Å². The Hall–Kier alpha value is -1.28. The minimum Gasteiger partial charge on any atom is -0.465 e. The molecule has 0 saturated carbocycles. The molecule has 96 valence electrons. The number of esters is 1. The molecule has 0 fully saturated rings. The van der Waals surface area contributed by atoms with E-state index in [-0.39, 0.29) is 24.8 Å². The zero-order valence-corrected chi connectivity index (χ0v) is 11.9. The number of aromatic nitrogens is 2. The van der Waals surface area contributed by atoms with Crippen molar-refractivity contribution in [1.82, 2.24) is 9.97 Å². The number of ether oxygens (including phenoxy) is 1. The summed E-state index contributed by atoms with van der Waals surface area (Å²) < 4.78 is 4.57. The zero-order valence-electron chi connectivity index (χ0n) is 11.0. The second kappa shape index (κ2) is 9.62. The predicted octanol–water partition coefficient (Wildman–Crippen LogP) is -0.626. The normalized spacial score (nSPS) is 8.74. The molecule has 19 heavy (non-hydrogen) atoms. The van der Waals surface area contributed by atoms with Gasteiger partial charge in [-0.3, -0.25) is 9.97 Å². The van der Waals surface area contributed by atoms with Crippen molar-refractivity contribution in [3.63, 3.8) is 0 Å². The number of hydrogen-bond donors (Lipinski definition) is 0. The average Bonchev–Trinajstić information content (AvgIpc) is 2.82. The standard InChI is InChI=1S/C9H10O2S.C4H3N2.Li/c1-4-7-5-8(9(10)11-3)12-6(7)2;1-2-5-4-6-3-1;/h5H,1-2,4H2,3H3;2-4H;/q-2;-1;+1. The van der Waals surface area contributed by atoms with Gasteiger partial charge in [0.05, 0.1) is 12.0 Å². The summed E-state index contributed by atoms with van der Waals surface area (Å²) in [6.45, 7) is 7.53. The van der Waals surface area contributed by atoms with Gasteiger partial charge < -0.3 is 17.7 Å². The van der Waals surface area contributed by atoms with Crippen molar-refractivity contribution in [2.45, 2.75) is 6.42 Å². The van der Waals surface area contributed by atoms with Crippen molar-refractivity contribution in [2.24, 2.45) is 0 Å². The molecule has 0 spiro atoms. The third kappa shape index (κ3) is 5.93. The van der Waals surface area contributed by atoms with Gasteiger partial charge in [-0.15, -0.1) is 23.3 Å². The average molecular weight is 268 g/mol. The number of carbonyl (C=O) groups is 1. The Labute approximate surface area is 129 Å². The summed E-state index contributed by atoms with van der Waals surface area (Å²) in [7, 11) is 1.37. The van der Waals surface area contributed by atoms with Gasteiger partial charge in [0.25, 0.3) is 0 Å². The van der Waals surface area contributed by atoms with E-state index in [4.69, 9.17) is 0 Å². The number of carbonyl (C=O) groups excluding carboxylic acids is 1. The molecule has 0 aromatic carbocycles. The summed E-state index contributed by atoms with van der Waals surface area (Å²) >= 11 is 1.35. The van der Waals surface area contributed by atoms with Crippen LogP contribution in [-0.2, 0) is 11.2 Å². The van der Waals surface area contributed by atoms with E-state index in [9.17, 15) is 4.79 Å². The number of thiophene rings is 1. The van der Waals surface area contributed by atoms with E-state index >= 15 is 0 Å². The topological polar surface area (TPSA) is 52.1 Å². The second-order valence-corrected chi connectivity index (χ2v) is 4.28. The predicted molar refractivity (Wildman–Crippen MR) is 70.0 cm³/mol.